The molecule has 1 saturated heterocycles. The first-order valence-electron chi connectivity index (χ1n) is 7.97. The normalized spacial score (nSPS) is 23.8. The number of hydrogen-bond donors (Lipinski definition) is 3. The molecule has 2 aliphatic rings. The third-order valence-electron chi connectivity index (χ3n) is 4.32. The highest BCUT2D eigenvalue weighted by atomic mass is 16.3. The van der Waals surface area contributed by atoms with Crippen molar-refractivity contribution in [3.63, 3.8) is 0 Å². The number of amides is 2. The zero-order valence-corrected chi connectivity index (χ0v) is 12.7. The Hall–Kier alpha value is -2.01. The molecule has 0 unspecified atom stereocenters. The maximum atomic E-state index is 12.2. The number of aliphatic hydroxyl groups excluding tert-OH is 1. The first kappa shape index (κ1) is 14.9. The molecular weight excluding hydrogens is 278 g/mol. The number of nitrogens with zero attached hydrogens (tertiary/aromatic N) is 1. The molecule has 5 nitrogen and oxygen atoms in total. The molecular formula is C17H23N3O2. The lowest BCUT2D eigenvalue weighted by atomic mass is 10.1. The van der Waals surface area contributed by atoms with E-state index in [0.29, 0.717) is 0 Å². The molecule has 1 aliphatic carbocycles. The topological polar surface area (TPSA) is 64.6 Å². The van der Waals surface area contributed by atoms with Gasteiger partial charge in [0.05, 0.1) is 11.4 Å². The molecule has 1 aromatic carbocycles. The van der Waals surface area contributed by atoms with Crippen LogP contribution in [-0.4, -0.2) is 36.9 Å². The predicted octanol–water partition coefficient (Wildman–Crippen LogP) is 2.35. The molecule has 3 N–H and O–H groups in total. The van der Waals surface area contributed by atoms with Gasteiger partial charge in [0, 0.05) is 31.7 Å². The van der Waals surface area contributed by atoms with Gasteiger partial charge >= 0.3 is 6.03 Å². The van der Waals surface area contributed by atoms with E-state index < -0.39 is 0 Å². The zero-order valence-electron chi connectivity index (χ0n) is 12.7. The molecule has 1 aliphatic heterocycles. The minimum Gasteiger partial charge on any atom is -0.396 e. The second-order valence-electron chi connectivity index (χ2n) is 5.98. The van der Waals surface area contributed by atoms with Crippen LogP contribution in [0.5, 0.6) is 0 Å². The van der Waals surface area contributed by atoms with Gasteiger partial charge in [-0.05, 0) is 31.4 Å². The van der Waals surface area contributed by atoms with Crippen molar-refractivity contribution < 1.29 is 9.90 Å². The number of urea groups is 1. The van der Waals surface area contributed by atoms with E-state index in [1.165, 1.54) is 12.8 Å². The highest BCUT2D eigenvalue weighted by Crippen LogP contribution is 2.28. The molecule has 1 fully saturated rings. The third-order valence-corrected chi connectivity index (χ3v) is 4.32. The lowest BCUT2D eigenvalue weighted by Crippen LogP contribution is -2.36. The van der Waals surface area contributed by atoms with E-state index in [0.717, 1.165) is 30.9 Å². The Morgan fingerprint density at radius 3 is 2.73 bits per heavy atom. The second-order valence-corrected chi connectivity index (χ2v) is 5.98. The summed E-state index contributed by atoms with van der Waals surface area (Å²) in [6, 6.07) is 7.73. The summed E-state index contributed by atoms with van der Waals surface area (Å²) < 4.78 is 0. The van der Waals surface area contributed by atoms with Gasteiger partial charge in [-0.3, -0.25) is 0 Å². The van der Waals surface area contributed by atoms with Gasteiger partial charge in [0.1, 0.15) is 0 Å². The maximum absolute atomic E-state index is 12.2. The van der Waals surface area contributed by atoms with Gasteiger partial charge in [-0.25, -0.2) is 4.79 Å². The highest BCUT2D eigenvalue weighted by molar-refractivity contribution is 5.93. The first-order valence-corrected chi connectivity index (χ1v) is 7.97. The van der Waals surface area contributed by atoms with E-state index >= 15 is 0 Å². The van der Waals surface area contributed by atoms with Crippen molar-refractivity contribution in [1.82, 2.24) is 5.32 Å². The number of carbonyl (C=O) groups excluding carboxylic acids is 1. The molecule has 0 radical (unpaired) electrons. The monoisotopic (exact) mass is 301 g/mol. The summed E-state index contributed by atoms with van der Waals surface area (Å²) in [5.74, 6) is 0.155. The number of hydrogen-bond acceptors (Lipinski definition) is 3. The molecule has 2 amide bonds. The number of carbonyl (C=O) groups is 1. The van der Waals surface area contributed by atoms with Crippen LogP contribution in [0.1, 0.15) is 19.3 Å². The minimum absolute atomic E-state index is 0.00361. The molecule has 0 aromatic heterocycles. The molecule has 118 valence electrons. The summed E-state index contributed by atoms with van der Waals surface area (Å²) in [5.41, 5.74) is 1.94. The van der Waals surface area contributed by atoms with Gasteiger partial charge in [-0.15, -0.1) is 0 Å². The third kappa shape index (κ3) is 3.42. The van der Waals surface area contributed by atoms with Gasteiger partial charge in [0.25, 0.3) is 0 Å². The summed E-state index contributed by atoms with van der Waals surface area (Å²) in [4.78, 5) is 14.5. The zero-order chi connectivity index (χ0) is 15.4. The van der Waals surface area contributed by atoms with Crippen LogP contribution in [0.3, 0.4) is 0 Å². The van der Waals surface area contributed by atoms with Crippen molar-refractivity contribution in [3.8, 4) is 0 Å². The second kappa shape index (κ2) is 6.83. The van der Waals surface area contributed by atoms with Crippen LogP contribution in [0.25, 0.3) is 0 Å². The first-order chi connectivity index (χ1) is 10.8. The summed E-state index contributed by atoms with van der Waals surface area (Å²) in [6.45, 7) is 2.22. The van der Waals surface area contributed by atoms with Crippen LogP contribution >= 0.6 is 0 Å². The van der Waals surface area contributed by atoms with Crippen molar-refractivity contribution >= 4 is 17.4 Å². The molecule has 5 heteroatoms. The number of nitrogens with one attached hydrogen (secondary N) is 2. The van der Waals surface area contributed by atoms with Gasteiger partial charge in [-0.2, -0.15) is 0 Å². The van der Waals surface area contributed by atoms with Crippen molar-refractivity contribution in [2.75, 3.05) is 29.9 Å². The van der Waals surface area contributed by atoms with Crippen molar-refractivity contribution in [2.24, 2.45) is 5.92 Å². The summed E-state index contributed by atoms with van der Waals surface area (Å²) in [7, 11) is 0. The molecule has 0 spiro atoms. The smallest absolute Gasteiger partial charge is 0.319 e. The fourth-order valence-electron chi connectivity index (χ4n) is 3.16. The molecule has 3 rings (SSSR count). The van der Waals surface area contributed by atoms with Crippen molar-refractivity contribution in [2.45, 2.75) is 25.3 Å². The Morgan fingerprint density at radius 1 is 1.23 bits per heavy atom. The maximum Gasteiger partial charge on any atom is 0.319 e. The average molecular weight is 301 g/mol. The number of para-hydroxylation sites is 2. The summed E-state index contributed by atoms with van der Waals surface area (Å²) >= 11 is 0. The van der Waals surface area contributed by atoms with E-state index in [1.54, 1.807) is 0 Å². The molecule has 1 aromatic rings. The van der Waals surface area contributed by atoms with Crippen LogP contribution in [0, 0.1) is 5.92 Å². The van der Waals surface area contributed by atoms with Crippen LogP contribution in [0.4, 0.5) is 16.2 Å². The number of rotatable bonds is 4. The van der Waals surface area contributed by atoms with Crippen LogP contribution < -0.4 is 15.5 Å². The number of benzene rings is 1. The predicted molar refractivity (Wildman–Crippen MR) is 88.2 cm³/mol. The van der Waals surface area contributed by atoms with E-state index in [9.17, 15) is 4.79 Å². The average Bonchev–Trinajstić information content (AvgIpc) is 3.19. The standard InChI is InChI=1S/C17H23N3O2/c21-12-13-7-8-14(11-13)18-17(22)19-15-5-1-2-6-16(15)20-9-3-4-10-20/h1-2,5-8,13-14,21H,3-4,9-12H2,(H2,18,19,22)/t13-,14+/m0/s1. The minimum atomic E-state index is -0.195. The van der Waals surface area contributed by atoms with Gasteiger partial charge < -0.3 is 20.6 Å². The van der Waals surface area contributed by atoms with Crippen LogP contribution in [-0.2, 0) is 0 Å². The molecule has 22 heavy (non-hydrogen) atoms. The Bertz CT molecular complexity index is 553. The van der Waals surface area contributed by atoms with E-state index in [-0.39, 0.29) is 24.6 Å². The Balaban J connectivity index is 1.61. The quantitative estimate of drug-likeness (QED) is 0.748. The van der Waals surface area contributed by atoms with Gasteiger partial charge in [0.15, 0.2) is 0 Å². The van der Waals surface area contributed by atoms with E-state index in [1.807, 2.05) is 30.4 Å². The summed E-state index contributed by atoms with van der Waals surface area (Å²) in [6.07, 6.45) is 7.08. The number of aliphatic hydroxyl groups is 1. The SMILES string of the molecule is O=C(Nc1ccccc1N1CCCC1)N[C@@H]1C=C[C@H](CO)C1. The molecule has 0 saturated carbocycles. The van der Waals surface area contributed by atoms with Crippen molar-refractivity contribution in [1.29, 1.82) is 0 Å². The van der Waals surface area contributed by atoms with Crippen LogP contribution in [0.15, 0.2) is 36.4 Å². The Labute approximate surface area is 131 Å². The lowest BCUT2D eigenvalue weighted by Gasteiger charge is -2.22. The molecule has 2 atom stereocenters. The lowest BCUT2D eigenvalue weighted by molar-refractivity contribution is 0.238. The Kier molecular flexibility index (Phi) is 4.63. The largest absolute Gasteiger partial charge is 0.396 e. The van der Waals surface area contributed by atoms with Gasteiger partial charge in [0.2, 0.25) is 0 Å². The van der Waals surface area contributed by atoms with Crippen LogP contribution in [0.2, 0.25) is 0 Å². The summed E-state index contributed by atoms with van der Waals surface area (Å²) in [5, 5.41) is 15.0. The van der Waals surface area contributed by atoms with Crippen molar-refractivity contribution in [3.05, 3.63) is 36.4 Å². The highest BCUT2D eigenvalue weighted by Gasteiger charge is 2.21. The number of anilines is 2. The molecule has 1 heterocycles. The molecule has 0 bridgehead atoms. The van der Waals surface area contributed by atoms with E-state index in [4.69, 9.17) is 5.11 Å². The van der Waals surface area contributed by atoms with Gasteiger partial charge in [-0.1, -0.05) is 24.3 Å². The van der Waals surface area contributed by atoms with E-state index in [2.05, 4.69) is 21.6 Å². The fourth-order valence-corrected chi connectivity index (χ4v) is 3.16. The Morgan fingerprint density at radius 2 is 2.00 bits per heavy atom. The fraction of sp³-hybridized carbons (Fsp3) is 0.471.